The van der Waals surface area contributed by atoms with Gasteiger partial charge >= 0.3 is 12.1 Å². The summed E-state index contributed by atoms with van der Waals surface area (Å²) in [5.74, 6) is -1.64. The van der Waals surface area contributed by atoms with Crippen LogP contribution in [0.15, 0.2) is 33.6 Å². The van der Waals surface area contributed by atoms with Gasteiger partial charge in [-0.3, -0.25) is 0 Å². The molecule has 0 bridgehead atoms. The molecule has 110 valence electrons. The topological polar surface area (TPSA) is 55.7 Å². The summed E-state index contributed by atoms with van der Waals surface area (Å²) in [4.78, 5) is 11.3. The second-order valence-electron chi connectivity index (χ2n) is 3.72. The molecule has 0 unspecified atom stereocenters. The van der Waals surface area contributed by atoms with Gasteiger partial charge in [0, 0.05) is 0 Å². The van der Waals surface area contributed by atoms with Crippen LogP contribution in [0.2, 0.25) is 0 Å². The van der Waals surface area contributed by atoms with Crippen molar-refractivity contribution in [3.8, 4) is 0 Å². The summed E-state index contributed by atoms with van der Waals surface area (Å²) < 4.78 is 57.0. The van der Waals surface area contributed by atoms with Crippen molar-refractivity contribution in [2.75, 3.05) is 6.61 Å². The van der Waals surface area contributed by atoms with E-state index in [9.17, 15) is 22.2 Å². The molecule has 1 rings (SSSR count). The minimum absolute atomic E-state index is 0.0710. The molecular formula is C12H12F3NO3S. The summed E-state index contributed by atoms with van der Waals surface area (Å²) in [7, 11) is -2.33. The third-order valence-electron chi connectivity index (χ3n) is 2.13. The first-order valence-corrected chi connectivity index (χ1v) is 6.68. The molecule has 4 nitrogen and oxygen atoms in total. The van der Waals surface area contributed by atoms with E-state index < -0.39 is 28.8 Å². The Morgan fingerprint density at radius 1 is 1.30 bits per heavy atom. The van der Waals surface area contributed by atoms with E-state index in [-0.39, 0.29) is 11.5 Å². The van der Waals surface area contributed by atoms with Crippen molar-refractivity contribution >= 4 is 22.7 Å². The van der Waals surface area contributed by atoms with Crippen LogP contribution in [0.5, 0.6) is 0 Å². The minimum Gasteiger partial charge on any atom is -0.461 e. The number of esters is 1. The van der Waals surface area contributed by atoms with E-state index in [4.69, 9.17) is 0 Å². The first-order valence-electron chi connectivity index (χ1n) is 5.57. The van der Waals surface area contributed by atoms with Crippen molar-refractivity contribution in [1.82, 2.24) is 0 Å². The van der Waals surface area contributed by atoms with Crippen LogP contribution < -0.4 is 0 Å². The van der Waals surface area contributed by atoms with Gasteiger partial charge in [0.15, 0.2) is 11.0 Å². The van der Waals surface area contributed by atoms with Gasteiger partial charge < -0.3 is 4.74 Å². The number of nitrogens with zero attached hydrogens (tertiary/aromatic N) is 1. The van der Waals surface area contributed by atoms with Crippen molar-refractivity contribution in [3.63, 3.8) is 0 Å². The standard InChI is InChI=1S/C12H12F3NO3S/c1-3-19-11(17)10(12(13,14)15)16-20(18)9-6-4-8(2)5-7-9/h4-7H,3H2,1-2H3/b16-10+/t20-/m0/s1. The maximum absolute atomic E-state index is 12.7. The van der Waals surface area contributed by atoms with E-state index >= 15 is 0 Å². The van der Waals surface area contributed by atoms with Crippen LogP contribution >= 0.6 is 0 Å². The fourth-order valence-corrected chi connectivity index (χ4v) is 2.01. The predicted octanol–water partition coefficient (Wildman–Crippen LogP) is 2.58. The molecule has 1 atom stereocenters. The monoisotopic (exact) mass is 307 g/mol. The van der Waals surface area contributed by atoms with Crippen LogP contribution in [0.3, 0.4) is 0 Å². The lowest BCUT2D eigenvalue weighted by Crippen LogP contribution is -2.33. The van der Waals surface area contributed by atoms with Crippen LogP contribution in [-0.4, -0.2) is 28.7 Å². The Morgan fingerprint density at radius 3 is 2.30 bits per heavy atom. The van der Waals surface area contributed by atoms with Gasteiger partial charge in [-0.05, 0) is 26.0 Å². The van der Waals surface area contributed by atoms with E-state index in [1.165, 1.54) is 19.1 Å². The van der Waals surface area contributed by atoms with Gasteiger partial charge in [-0.2, -0.15) is 17.6 Å². The molecule has 0 amide bonds. The Morgan fingerprint density at radius 2 is 1.85 bits per heavy atom. The molecule has 0 spiro atoms. The fraction of sp³-hybridized carbons (Fsp3) is 0.333. The normalized spacial score (nSPS) is 13.9. The highest BCUT2D eigenvalue weighted by molar-refractivity contribution is 7.84. The molecule has 0 saturated heterocycles. The molecule has 1 aromatic rings. The largest absolute Gasteiger partial charge is 0.461 e. The molecule has 20 heavy (non-hydrogen) atoms. The van der Waals surface area contributed by atoms with Crippen molar-refractivity contribution in [2.24, 2.45) is 4.40 Å². The molecule has 0 fully saturated rings. The minimum atomic E-state index is -5.02. The number of alkyl halides is 3. The summed E-state index contributed by atoms with van der Waals surface area (Å²) in [6.07, 6.45) is -5.02. The molecule has 0 aliphatic carbocycles. The molecule has 0 aromatic heterocycles. The average molecular weight is 307 g/mol. The highest BCUT2D eigenvalue weighted by Crippen LogP contribution is 2.20. The third-order valence-corrected chi connectivity index (χ3v) is 3.16. The zero-order valence-electron chi connectivity index (χ0n) is 10.7. The average Bonchev–Trinajstić information content (AvgIpc) is 2.35. The van der Waals surface area contributed by atoms with Gasteiger partial charge in [-0.15, -0.1) is 0 Å². The SMILES string of the molecule is CCOC(=O)/C(=N\[S@@](=O)c1ccc(C)cc1)C(F)(F)F. The number of hydrogen-bond acceptors (Lipinski definition) is 3. The van der Waals surface area contributed by atoms with Gasteiger partial charge in [0.1, 0.15) is 0 Å². The highest BCUT2D eigenvalue weighted by atomic mass is 32.2. The third kappa shape index (κ3) is 4.44. The molecule has 0 N–H and O–H groups in total. The Labute approximate surface area is 116 Å². The first kappa shape index (κ1) is 16.4. The maximum atomic E-state index is 12.7. The zero-order valence-corrected chi connectivity index (χ0v) is 11.5. The highest BCUT2D eigenvalue weighted by Gasteiger charge is 2.42. The van der Waals surface area contributed by atoms with E-state index in [0.29, 0.717) is 0 Å². The molecular weight excluding hydrogens is 295 g/mol. The number of hydrogen-bond donors (Lipinski definition) is 0. The second-order valence-corrected chi connectivity index (χ2v) is 4.87. The molecule has 8 heteroatoms. The Bertz CT molecular complexity index is 538. The molecule has 1 aromatic carbocycles. The van der Waals surface area contributed by atoms with Crippen LogP contribution in [0, 0.1) is 6.92 Å². The lowest BCUT2D eigenvalue weighted by molar-refractivity contribution is -0.139. The van der Waals surface area contributed by atoms with Crippen LogP contribution in [-0.2, 0) is 20.5 Å². The Hall–Kier alpha value is -1.70. The second kappa shape index (κ2) is 6.65. The number of halogens is 3. The summed E-state index contributed by atoms with van der Waals surface area (Å²) in [6, 6.07) is 5.93. The van der Waals surface area contributed by atoms with Crippen molar-refractivity contribution in [3.05, 3.63) is 29.8 Å². The van der Waals surface area contributed by atoms with Crippen molar-refractivity contribution in [1.29, 1.82) is 0 Å². The lowest BCUT2D eigenvalue weighted by Gasteiger charge is -2.09. The summed E-state index contributed by atoms with van der Waals surface area (Å²) in [5, 5.41) is 0. The summed E-state index contributed by atoms with van der Waals surface area (Å²) in [6.45, 7) is 2.91. The summed E-state index contributed by atoms with van der Waals surface area (Å²) >= 11 is 0. The van der Waals surface area contributed by atoms with Gasteiger partial charge in [-0.25, -0.2) is 9.00 Å². The van der Waals surface area contributed by atoms with E-state index in [0.717, 1.165) is 5.56 Å². The van der Waals surface area contributed by atoms with Crippen LogP contribution in [0.4, 0.5) is 13.2 Å². The molecule has 0 saturated carbocycles. The first-order chi connectivity index (χ1) is 9.25. The molecule has 0 heterocycles. The number of carbonyl (C=O) groups excluding carboxylic acids is 1. The van der Waals surface area contributed by atoms with Crippen molar-refractivity contribution < 1.29 is 26.9 Å². The van der Waals surface area contributed by atoms with E-state index in [1.54, 1.807) is 19.1 Å². The smallest absolute Gasteiger partial charge is 0.441 e. The number of aryl methyl sites for hydroxylation is 1. The fourth-order valence-electron chi connectivity index (χ4n) is 1.19. The van der Waals surface area contributed by atoms with Crippen LogP contribution in [0.25, 0.3) is 0 Å². The maximum Gasteiger partial charge on any atom is 0.441 e. The van der Waals surface area contributed by atoms with E-state index in [1.807, 2.05) is 0 Å². The summed E-state index contributed by atoms with van der Waals surface area (Å²) in [5.41, 5.74) is -0.950. The van der Waals surface area contributed by atoms with Gasteiger partial charge in [0.05, 0.1) is 11.5 Å². The quantitative estimate of drug-likeness (QED) is 0.634. The Balaban J connectivity index is 3.10. The number of carbonyl (C=O) groups is 1. The van der Waals surface area contributed by atoms with Gasteiger partial charge in [0.25, 0.3) is 0 Å². The predicted molar refractivity (Wildman–Crippen MR) is 67.7 cm³/mol. The zero-order chi connectivity index (χ0) is 15.3. The number of rotatable bonds is 4. The molecule has 0 radical (unpaired) electrons. The van der Waals surface area contributed by atoms with Crippen molar-refractivity contribution in [2.45, 2.75) is 24.9 Å². The van der Waals surface area contributed by atoms with Crippen LogP contribution in [0.1, 0.15) is 12.5 Å². The van der Waals surface area contributed by atoms with E-state index in [2.05, 4.69) is 9.13 Å². The lowest BCUT2D eigenvalue weighted by atomic mass is 10.2. The van der Waals surface area contributed by atoms with Gasteiger partial charge in [-0.1, -0.05) is 17.7 Å². The number of benzene rings is 1. The molecule has 0 aliphatic heterocycles. The van der Waals surface area contributed by atoms with Gasteiger partial charge in [0.2, 0.25) is 5.71 Å². The number of ether oxygens (including phenoxy) is 1. The molecule has 0 aliphatic rings. The Kier molecular flexibility index (Phi) is 5.43.